The van der Waals surface area contributed by atoms with Gasteiger partial charge in [-0.15, -0.1) is 11.3 Å². The number of anilines is 1. The van der Waals surface area contributed by atoms with E-state index < -0.39 is 0 Å². The minimum Gasteiger partial charge on any atom is -0.315 e. The van der Waals surface area contributed by atoms with E-state index in [1.807, 2.05) is 29.2 Å². The number of thiazole rings is 1. The number of carbonyl (C=O) groups is 1. The Hall–Kier alpha value is -2.40. The van der Waals surface area contributed by atoms with E-state index in [0.29, 0.717) is 0 Å². The number of benzene rings is 2. The molecule has 1 atom stereocenters. The third-order valence-corrected chi connectivity index (χ3v) is 6.60. The summed E-state index contributed by atoms with van der Waals surface area (Å²) in [6.45, 7) is 0.789. The summed E-state index contributed by atoms with van der Waals surface area (Å²) in [5.74, 6) is 0. The van der Waals surface area contributed by atoms with E-state index in [0.717, 1.165) is 48.4 Å². The molecule has 0 radical (unpaired) electrons. The number of carbonyl (C=O) groups excluding carboxylic acids is 1. The maximum atomic E-state index is 12.9. The summed E-state index contributed by atoms with van der Waals surface area (Å²) in [6, 6.07) is 14.6. The largest absolute Gasteiger partial charge is 0.322 e. The lowest BCUT2D eigenvalue weighted by Gasteiger charge is -2.23. The number of likely N-dealkylation sites (tertiary alicyclic amines) is 1. The molecule has 26 heavy (non-hydrogen) atoms. The highest BCUT2D eigenvalue weighted by Gasteiger charge is 2.32. The van der Waals surface area contributed by atoms with Crippen LogP contribution < -0.4 is 5.32 Å². The molecule has 1 saturated heterocycles. The second-order valence-electron chi connectivity index (χ2n) is 7.14. The number of amides is 2. The summed E-state index contributed by atoms with van der Waals surface area (Å²) in [4.78, 5) is 19.6. The van der Waals surface area contributed by atoms with Crippen molar-refractivity contribution in [3.05, 3.63) is 58.6 Å². The van der Waals surface area contributed by atoms with Gasteiger partial charge in [0.25, 0.3) is 0 Å². The zero-order valence-electron chi connectivity index (χ0n) is 14.6. The molecule has 4 nitrogen and oxygen atoms in total. The Bertz CT molecular complexity index is 947. The standard InChI is InChI=1S/C21H21N3OS/c25-21(22-16-11-10-14-5-3-6-15(14)13-16)24-12-4-8-18(24)20-23-17-7-1-2-9-19(17)26-20/h1-2,7,9-11,13,18H,3-6,8,12H2,(H,22,25). The molecule has 1 N–H and O–H groups in total. The van der Waals surface area contributed by atoms with Crippen LogP contribution in [0.5, 0.6) is 0 Å². The molecule has 3 aromatic rings. The minimum atomic E-state index is -0.00953. The summed E-state index contributed by atoms with van der Waals surface area (Å²) in [5.41, 5.74) is 4.74. The van der Waals surface area contributed by atoms with Crippen LogP contribution in [0.4, 0.5) is 10.5 Å². The van der Waals surface area contributed by atoms with Gasteiger partial charge in [-0.2, -0.15) is 0 Å². The van der Waals surface area contributed by atoms with Crippen LogP contribution in [0.25, 0.3) is 10.2 Å². The maximum Gasteiger partial charge on any atom is 0.322 e. The van der Waals surface area contributed by atoms with E-state index in [1.165, 1.54) is 22.2 Å². The van der Waals surface area contributed by atoms with Gasteiger partial charge in [0.15, 0.2) is 0 Å². The predicted octanol–water partition coefficient (Wildman–Crippen LogP) is 5.15. The van der Waals surface area contributed by atoms with Crippen molar-refractivity contribution in [2.45, 2.75) is 38.1 Å². The zero-order chi connectivity index (χ0) is 17.5. The van der Waals surface area contributed by atoms with Gasteiger partial charge in [-0.3, -0.25) is 0 Å². The van der Waals surface area contributed by atoms with Gasteiger partial charge in [-0.25, -0.2) is 9.78 Å². The van der Waals surface area contributed by atoms with E-state index in [9.17, 15) is 4.79 Å². The van der Waals surface area contributed by atoms with Crippen LogP contribution in [0, 0.1) is 0 Å². The van der Waals surface area contributed by atoms with Crippen LogP contribution in [-0.2, 0) is 12.8 Å². The van der Waals surface area contributed by atoms with Crippen LogP contribution in [0.1, 0.15) is 41.4 Å². The number of fused-ring (bicyclic) bond motifs is 2. The van der Waals surface area contributed by atoms with Gasteiger partial charge in [0.1, 0.15) is 5.01 Å². The van der Waals surface area contributed by atoms with Crippen LogP contribution in [-0.4, -0.2) is 22.5 Å². The Morgan fingerprint density at radius 1 is 1.12 bits per heavy atom. The molecule has 1 fully saturated rings. The molecule has 5 rings (SSSR count). The van der Waals surface area contributed by atoms with Crippen molar-refractivity contribution in [3.63, 3.8) is 0 Å². The third kappa shape index (κ3) is 2.76. The molecule has 2 aliphatic rings. The number of hydrogen-bond acceptors (Lipinski definition) is 3. The first-order chi connectivity index (χ1) is 12.8. The Morgan fingerprint density at radius 2 is 2.00 bits per heavy atom. The number of hydrogen-bond donors (Lipinski definition) is 1. The van der Waals surface area contributed by atoms with Crippen molar-refractivity contribution >= 4 is 33.3 Å². The highest BCUT2D eigenvalue weighted by Crippen LogP contribution is 2.37. The number of nitrogens with one attached hydrogen (secondary N) is 1. The Kier molecular flexibility index (Phi) is 3.89. The van der Waals surface area contributed by atoms with Crippen molar-refractivity contribution in [1.82, 2.24) is 9.88 Å². The van der Waals surface area contributed by atoms with Crippen molar-refractivity contribution in [1.29, 1.82) is 0 Å². The zero-order valence-corrected chi connectivity index (χ0v) is 15.4. The SMILES string of the molecule is O=C(Nc1ccc2c(c1)CCC2)N1CCCC1c1nc2ccccc2s1. The van der Waals surface area contributed by atoms with Gasteiger partial charge in [0.2, 0.25) is 0 Å². The van der Waals surface area contributed by atoms with Crippen LogP contribution >= 0.6 is 11.3 Å². The molecule has 2 heterocycles. The van der Waals surface area contributed by atoms with E-state index in [-0.39, 0.29) is 12.1 Å². The van der Waals surface area contributed by atoms with Crippen molar-refractivity contribution in [2.75, 3.05) is 11.9 Å². The van der Waals surface area contributed by atoms with E-state index in [2.05, 4.69) is 23.5 Å². The molecule has 2 aromatic carbocycles. The number of aryl methyl sites for hydroxylation is 2. The normalized spacial score (nSPS) is 19.1. The first-order valence-corrected chi connectivity index (χ1v) is 10.1. The Labute approximate surface area is 156 Å². The van der Waals surface area contributed by atoms with Crippen molar-refractivity contribution in [2.24, 2.45) is 0 Å². The van der Waals surface area contributed by atoms with E-state index in [1.54, 1.807) is 11.3 Å². The molecule has 0 spiro atoms. The van der Waals surface area contributed by atoms with Gasteiger partial charge in [-0.1, -0.05) is 18.2 Å². The summed E-state index contributed by atoms with van der Waals surface area (Å²) in [5, 5.41) is 4.16. The Morgan fingerprint density at radius 3 is 2.92 bits per heavy atom. The average molecular weight is 363 g/mol. The molecule has 1 aliphatic carbocycles. The second kappa shape index (κ2) is 6.40. The molecule has 2 amide bonds. The molecule has 1 aliphatic heterocycles. The van der Waals surface area contributed by atoms with Gasteiger partial charge in [0, 0.05) is 12.2 Å². The summed E-state index contributed by atoms with van der Waals surface area (Å²) in [6.07, 6.45) is 5.51. The first-order valence-electron chi connectivity index (χ1n) is 9.33. The summed E-state index contributed by atoms with van der Waals surface area (Å²) < 4.78 is 1.19. The monoisotopic (exact) mass is 363 g/mol. The predicted molar refractivity (Wildman–Crippen MR) is 106 cm³/mol. The molecule has 0 saturated carbocycles. The second-order valence-corrected chi connectivity index (χ2v) is 8.20. The van der Waals surface area contributed by atoms with Crippen molar-refractivity contribution < 1.29 is 4.79 Å². The summed E-state index contributed by atoms with van der Waals surface area (Å²) >= 11 is 1.71. The molecule has 5 heteroatoms. The van der Waals surface area contributed by atoms with E-state index in [4.69, 9.17) is 4.98 Å². The highest BCUT2D eigenvalue weighted by atomic mass is 32.1. The lowest BCUT2D eigenvalue weighted by molar-refractivity contribution is 0.207. The smallest absolute Gasteiger partial charge is 0.315 e. The topological polar surface area (TPSA) is 45.2 Å². The van der Waals surface area contributed by atoms with Crippen LogP contribution in [0.3, 0.4) is 0 Å². The van der Waals surface area contributed by atoms with Gasteiger partial charge >= 0.3 is 6.03 Å². The third-order valence-electron chi connectivity index (χ3n) is 5.46. The van der Waals surface area contributed by atoms with Gasteiger partial charge < -0.3 is 10.2 Å². The molecule has 132 valence electrons. The lowest BCUT2D eigenvalue weighted by atomic mass is 10.1. The highest BCUT2D eigenvalue weighted by molar-refractivity contribution is 7.18. The maximum absolute atomic E-state index is 12.9. The fourth-order valence-electron chi connectivity index (χ4n) is 4.14. The summed E-state index contributed by atoms with van der Waals surface area (Å²) in [7, 11) is 0. The number of aromatic nitrogens is 1. The number of urea groups is 1. The quantitative estimate of drug-likeness (QED) is 0.684. The van der Waals surface area contributed by atoms with Gasteiger partial charge in [0.05, 0.1) is 16.3 Å². The van der Waals surface area contributed by atoms with Crippen LogP contribution in [0.2, 0.25) is 0 Å². The molecule has 0 bridgehead atoms. The number of nitrogens with zero attached hydrogens (tertiary/aromatic N) is 2. The number of rotatable bonds is 2. The first kappa shape index (κ1) is 15.8. The molecular weight excluding hydrogens is 342 g/mol. The fraction of sp³-hybridized carbons (Fsp3) is 0.333. The minimum absolute atomic E-state index is 0.00953. The average Bonchev–Trinajstić information content (AvgIpc) is 3.38. The fourth-order valence-corrected chi connectivity index (χ4v) is 5.26. The Balaban J connectivity index is 1.37. The number of para-hydroxylation sites is 1. The van der Waals surface area contributed by atoms with E-state index >= 15 is 0 Å². The molecule has 1 aromatic heterocycles. The van der Waals surface area contributed by atoms with Gasteiger partial charge in [-0.05, 0) is 67.5 Å². The molecule has 1 unspecified atom stereocenters. The molecular formula is C21H21N3OS. The van der Waals surface area contributed by atoms with Crippen molar-refractivity contribution in [3.8, 4) is 0 Å². The lowest BCUT2D eigenvalue weighted by Crippen LogP contribution is -2.34. The van der Waals surface area contributed by atoms with Crippen LogP contribution in [0.15, 0.2) is 42.5 Å².